The zero-order chi connectivity index (χ0) is 15.8. The minimum absolute atomic E-state index is 0.0163. The maximum atomic E-state index is 11.8. The monoisotopic (exact) mass is 290 g/mol. The van der Waals surface area contributed by atoms with Crippen LogP contribution in [0.3, 0.4) is 0 Å². The fourth-order valence-corrected chi connectivity index (χ4v) is 2.13. The molecule has 0 aliphatic rings. The van der Waals surface area contributed by atoms with Crippen LogP contribution in [0.1, 0.15) is 39.7 Å². The van der Waals surface area contributed by atoms with Crippen LogP contribution in [0.25, 0.3) is 0 Å². The predicted molar refractivity (Wildman–Crippen MR) is 86.3 cm³/mol. The Bertz CT molecular complexity index is 466. The number of hydrogen-bond acceptors (Lipinski definition) is 2. The normalized spacial score (nSPS) is 10.5. The Labute approximate surface area is 127 Å². The third-order valence-corrected chi connectivity index (χ3v) is 3.29. The van der Waals surface area contributed by atoms with Crippen LogP contribution in [0.5, 0.6) is 0 Å². The third-order valence-electron chi connectivity index (χ3n) is 3.29. The summed E-state index contributed by atoms with van der Waals surface area (Å²) >= 11 is 0. The van der Waals surface area contributed by atoms with Crippen molar-refractivity contribution in [2.24, 2.45) is 5.92 Å². The highest BCUT2D eigenvalue weighted by molar-refractivity contribution is 5.91. The van der Waals surface area contributed by atoms with E-state index < -0.39 is 0 Å². The molecule has 0 spiro atoms. The average Bonchev–Trinajstić information content (AvgIpc) is 2.42. The van der Waals surface area contributed by atoms with Crippen molar-refractivity contribution in [3.8, 4) is 0 Å². The van der Waals surface area contributed by atoms with E-state index in [1.807, 2.05) is 38.1 Å². The van der Waals surface area contributed by atoms with Crippen LogP contribution in [-0.4, -0.2) is 24.9 Å². The van der Waals surface area contributed by atoms with Crippen molar-refractivity contribution in [3.63, 3.8) is 0 Å². The zero-order valence-corrected chi connectivity index (χ0v) is 13.5. The molecule has 0 heterocycles. The molecular formula is C17H26N2O2. The summed E-state index contributed by atoms with van der Waals surface area (Å²) in [6.45, 7) is 8.63. The molecule has 116 valence electrons. The largest absolute Gasteiger partial charge is 0.354 e. The van der Waals surface area contributed by atoms with E-state index in [-0.39, 0.29) is 11.8 Å². The number of amides is 2. The van der Waals surface area contributed by atoms with Gasteiger partial charge in [-0.1, -0.05) is 32.9 Å². The second-order valence-corrected chi connectivity index (χ2v) is 5.64. The first kappa shape index (κ1) is 17.2. The standard InChI is InChI=1S/C17H26N2O2/c1-5-15-6-8-16(9-7-15)19(14(4)20)11-10-18-17(21)12-13(2)3/h6-9,13H,5,10-12H2,1-4H3,(H,18,21). The molecule has 21 heavy (non-hydrogen) atoms. The molecule has 0 aliphatic carbocycles. The van der Waals surface area contributed by atoms with Crippen LogP contribution in [0.15, 0.2) is 24.3 Å². The van der Waals surface area contributed by atoms with Gasteiger partial charge in [0.05, 0.1) is 0 Å². The van der Waals surface area contributed by atoms with Gasteiger partial charge in [0.25, 0.3) is 0 Å². The number of hydrogen-bond donors (Lipinski definition) is 1. The molecule has 0 bridgehead atoms. The second-order valence-electron chi connectivity index (χ2n) is 5.64. The second kappa shape index (κ2) is 8.45. The lowest BCUT2D eigenvalue weighted by molar-refractivity contribution is -0.122. The van der Waals surface area contributed by atoms with E-state index in [1.54, 1.807) is 11.8 Å². The van der Waals surface area contributed by atoms with Crippen molar-refractivity contribution < 1.29 is 9.59 Å². The predicted octanol–water partition coefficient (Wildman–Crippen LogP) is 2.76. The van der Waals surface area contributed by atoms with Gasteiger partial charge in [-0.3, -0.25) is 9.59 Å². The maximum Gasteiger partial charge on any atom is 0.223 e. The van der Waals surface area contributed by atoms with Gasteiger partial charge in [0.2, 0.25) is 11.8 Å². The Hall–Kier alpha value is -1.84. The first-order chi connectivity index (χ1) is 9.93. The lowest BCUT2D eigenvalue weighted by atomic mass is 10.1. The lowest BCUT2D eigenvalue weighted by Crippen LogP contribution is -2.37. The van der Waals surface area contributed by atoms with Crippen molar-refractivity contribution in [3.05, 3.63) is 29.8 Å². The van der Waals surface area contributed by atoms with Gasteiger partial charge in [0.1, 0.15) is 0 Å². The van der Waals surface area contributed by atoms with Gasteiger partial charge in [-0.15, -0.1) is 0 Å². The highest BCUT2D eigenvalue weighted by Gasteiger charge is 2.12. The van der Waals surface area contributed by atoms with E-state index in [0.717, 1.165) is 12.1 Å². The fraction of sp³-hybridized carbons (Fsp3) is 0.529. The molecule has 1 aromatic carbocycles. The van der Waals surface area contributed by atoms with Crippen LogP contribution in [0.2, 0.25) is 0 Å². The van der Waals surface area contributed by atoms with E-state index in [0.29, 0.717) is 25.4 Å². The molecule has 2 amide bonds. The first-order valence-electron chi connectivity index (χ1n) is 7.57. The lowest BCUT2D eigenvalue weighted by Gasteiger charge is -2.21. The van der Waals surface area contributed by atoms with Crippen molar-refractivity contribution in [2.75, 3.05) is 18.0 Å². The highest BCUT2D eigenvalue weighted by Crippen LogP contribution is 2.15. The van der Waals surface area contributed by atoms with E-state index in [9.17, 15) is 9.59 Å². The molecular weight excluding hydrogens is 264 g/mol. The van der Waals surface area contributed by atoms with E-state index in [4.69, 9.17) is 0 Å². The molecule has 0 fully saturated rings. The highest BCUT2D eigenvalue weighted by atomic mass is 16.2. The average molecular weight is 290 g/mol. The smallest absolute Gasteiger partial charge is 0.223 e. The van der Waals surface area contributed by atoms with Crippen molar-refractivity contribution in [1.82, 2.24) is 5.32 Å². The van der Waals surface area contributed by atoms with Gasteiger partial charge < -0.3 is 10.2 Å². The number of benzene rings is 1. The summed E-state index contributed by atoms with van der Waals surface area (Å²) in [5, 5.41) is 2.86. The van der Waals surface area contributed by atoms with Crippen LogP contribution in [-0.2, 0) is 16.0 Å². The number of nitrogens with zero attached hydrogens (tertiary/aromatic N) is 1. The molecule has 4 heteroatoms. The quantitative estimate of drug-likeness (QED) is 0.839. The number of rotatable bonds is 7. The summed E-state index contributed by atoms with van der Waals surface area (Å²) in [6.07, 6.45) is 1.50. The van der Waals surface area contributed by atoms with E-state index >= 15 is 0 Å². The Morgan fingerprint density at radius 3 is 2.29 bits per heavy atom. The third kappa shape index (κ3) is 5.98. The van der Waals surface area contributed by atoms with Gasteiger partial charge in [0.15, 0.2) is 0 Å². The molecule has 0 aromatic heterocycles. The minimum Gasteiger partial charge on any atom is -0.354 e. The summed E-state index contributed by atoms with van der Waals surface area (Å²) in [7, 11) is 0. The SMILES string of the molecule is CCc1ccc(N(CCNC(=O)CC(C)C)C(C)=O)cc1. The number of carbonyl (C=O) groups excluding carboxylic acids is 2. The van der Waals surface area contributed by atoms with Gasteiger partial charge in [0, 0.05) is 32.1 Å². The summed E-state index contributed by atoms with van der Waals surface area (Å²) in [4.78, 5) is 25.1. The summed E-state index contributed by atoms with van der Waals surface area (Å²) in [6, 6.07) is 7.97. The molecule has 0 saturated heterocycles. The Balaban J connectivity index is 2.57. The zero-order valence-electron chi connectivity index (χ0n) is 13.5. The van der Waals surface area contributed by atoms with E-state index in [2.05, 4.69) is 12.2 Å². The maximum absolute atomic E-state index is 11.8. The molecule has 1 rings (SSSR count). The van der Waals surface area contributed by atoms with Crippen LogP contribution in [0, 0.1) is 5.92 Å². The number of anilines is 1. The van der Waals surface area contributed by atoms with Gasteiger partial charge >= 0.3 is 0 Å². The number of carbonyl (C=O) groups is 2. The van der Waals surface area contributed by atoms with Crippen LogP contribution in [0.4, 0.5) is 5.69 Å². The van der Waals surface area contributed by atoms with Crippen molar-refractivity contribution in [2.45, 2.75) is 40.5 Å². The van der Waals surface area contributed by atoms with Crippen molar-refractivity contribution >= 4 is 17.5 Å². The molecule has 1 aromatic rings. The number of aryl methyl sites for hydroxylation is 1. The molecule has 1 N–H and O–H groups in total. The Kier molecular flexibility index (Phi) is 6.92. The van der Waals surface area contributed by atoms with E-state index in [1.165, 1.54) is 5.56 Å². The minimum atomic E-state index is -0.0163. The molecule has 0 aliphatic heterocycles. The molecule has 0 atom stereocenters. The molecule has 0 unspecified atom stereocenters. The topological polar surface area (TPSA) is 49.4 Å². The summed E-state index contributed by atoms with van der Waals surface area (Å²) < 4.78 is 0. The van der Waals surface area contributed by atoms with Crippen LogP contribution < -0.4 is 10.2 Å². The Morgan fingerprint density at radius 1 is 1.19 bits per heavy atom. The van der Waals surface area contributed by atoms with Crippen molar-refractivity contribution in [1.29, 1.82) is 0 Å². The van der Waals surface area contributed by atoms with Gasteiger partial charge in [-0.25, -0.2) is 0 Å². The van der Waals surface area contributed by atoms with Gasteiger partial charge in [-0.05, 0) is 30.0 Å². The molecule has 4 nitrogen and oxygen atoms in total. The van der Waals surface area contributed by atoms with Crippen LogP contribution >= 0.6 is 0 Å². The number of nitrogens with one attached hydrogen (secondary N) is 1. The molecule has 0 radical (unpaired) electrons. The molecule has 0 saturated carbocycles. The fourth-order valence-electron chi connectivity index (χ4n) is 2.13. The van der Waals surface area contributed by atoms with Gasteiger partial charge in [-0.2, -0.15) is 0 Å². The summed E-state index contributed by atoms with van der Waals surface area (Å²) in [5.74, 6) is 0.364. The summed E-state index contributed by atoms with van der Waals surface area (Å²) in [5.41, 5.74) is 2.12. The first-order valence-corrected chi connectivity index (χ1v) is 7.57. The Morgan fingerprint density at radius 2 is 1.81 bits per heavy atom.